The molecule has 0 spiro atoms. The predicted molar refractivity (Wildman–Crippen MR) is 80.9 cm³/mol. The van der Waals surface area contributed by atoms with Crippen LogP contribution in [-0.4, -0.2) is 18.7 Å². The van der Waals surface area contributed by atoms with Crippen LogP contribution in [-0.2, 0) is 9.53 Å². The number of rotatable bonds is 4. The van der Waals surface area contributed by atoms with Crippen LogP contribution in [0.4, 0.5) is 0 Å². The van der Waals surface area contributed by atoms with Gasteiger partial charge in [-0.1, -0.05) is 54.6 Å². The molecule has 2 aromatic carbocycles. The fourth-order valence-corrected chi connectivity index (χ4v) is 2.26. The van der Waals surface area contributed by atoms with Crippen molar-refractivity contribution in [3.05, 3.63) is 72.3 Å². The number of carbonyl (C=O) groups is 1. The first kappa shape index (κ1) is 13.4. The normalized spacial score (nSPS) is 17.8. The van der Waals surface area contributed by atoms with Gasteiger partial charge in [-0.3, -0.25) is 0 Å². The molecule has 3 rings (SSSR count). The van der Waals surface area contributed by atoms with Gasteiger partial charge in [-0.2, -0.15) is 0 Å². The lowest BCUT2D eigenvalue weighted by Crippen LogP contribution is -2.28. The van der Waals surface area contributed by atoms with E-state index in [1.807, 2.05) is 66.7 Å². The molecule has 2 aromatic rings. The molecule has 1 aliphatic heterocycles. The number of para-hydroxylation sites is 1. The Kier molecular flexibility index (Phi) is 4.01. The van der Waals surface area contributed by atoms with Crippen molar-refractivity contribution in [2.45, 2.75) is 12.5 Å². The van der Waals surface area contributed by atoms with Gasteiger partial charge in [-0.15, -0.1) is 0 Å². The molecule has 3 heteroatoms. The SMILES string of the molecule is O=C1OC(COc2ccccc2)CC=C1c1ccccc1. The highest BCUT2D eigenvalue weighted by molar-refractivity contribution is 6.17. The summed E-state index contributed by atoms with van der Waals surface area (Å²) in [5.74, 6) is 0.500. The maximum atomic E-state index is 12.1. The van der Waals surface area contributed by atoms with Crippen molar-refractivity contribution in [1.29, 1.82) is 0 Å². The molecule has 0 aromatic heterocycles. The summed E-state index contributed by atoms with van der Waals surface area (Å²) >= 11 is 0. The van der Waals surface area contributed by atoms with E-state index in [9.17, 15) is 4.79 Å². The lowest BCUT2D eigenvalue weighted by atomic mass is 10.0. The van der Waals surface area contributed by atoms with Crippen molar-refractivity contribution in [1.82, 2.24) is 0 Å². The fourth-order valence-electron chi connectivity index (χ4n) is 2.26. The smallest absolute Gasteiger partial charge is 0.338 e. The van der Waals surface area contributed by atoms with E-state index in [-0.39, 0.29) is 12.1 Å². The molecule has 106 valence electrons. The summed E-state index contributed by atoms with van der Waals surface area (Å²) in [5.41, 5.74) is 1.52. The molecule has 0 bridgehead atoms. The Hall–Kier alpha value is -2.55. The molecule has 0 radical (unpaired) electrons. The summed E-state index contributed by atoms with van der Waals surface area (Å²) in [6, 6.07) is 19.1. The highest BCUT2D eigenvalue weighted by atomic mass is 16.6. The molecule has 3 nitrogen and oxygen atoms in total. The lowest BCUT2D eigenvalue weighted by molar-refractivity contribution is -0.144. The van der Waals surface area contributed by atoms with Gasteiger partial charge in [0.25, 0.3) is 0 Å². The summed E-state index contributed by atoms with van der Waals surface area (Å²) < 4.78 is 11.1. The number of hydrogen-bond donors (Lipinski definition) is 0. The first-order chi connectivity index (χ1) is 10.3. The predicted octanol–water partition coefficient (Wildman–Crippen LogP) is 3.46. The first-order valence-electron chi connectivity index (χ1n) is 6.97. The van der Waals surface area contributed by atoms with Gasteiger partial charge in [0, 0.05) is 6.42 Å². The third-order valence-corrected chi connectivity index (χ3v) is 3.34. The monoisotopic (exact) mass is 280 g/mol. The Labute approximate surface area is 123 Å². The number of carbonyl (C=O) groups excluding carboxylic acids is 1. The van der Waals surface area contributed by atoms with E-state index < -0.39 is 0 Å². The van der Waals surface area contributed by atoms with Gasteiger partial charge in [-0.25, -0.2) is 4.79 Å². The maximum absolute atomic E-state index is 12.1. The second-order valence-corrected chi connectivity index (χ2v) is 4.87. The molecule has 0 saturated carbocycles. The zero-order valence-electron chi connectivity index (χ0n) is 11.6. The van der Waals surface area contributed by atoms with Crippen molar-refractivity contribution in [3.8, 4) is 5.75 Å². The van der Waals surface area contributed by atoms with Crippen LogP contribution in [0.2, 0.25) is 0 Å². The first-order valence-corrected chi connectivity index (χ1v) is 6.97. The summed E-state index contributed by atoms with van der Waals surface area (Å²) in [6.07, 6.45) is 2.37. The minimum Gasteiger partial charge on any atom is -0.490 e. The Bertz CT molecular complexity index is 632. The van der Waals surface area contributed by atoms with E-state index in [0.29, 0.717) is 18.6 Å². The second-order valence-electron chi connectivity index (χ2n) is 4.87. The van der Waals surface area contributed by atoms with Gasteiger partial charge >= 0.3 is 5.97 Å². The van der Waals surface area contributed by atoms with E-state index in [1.165, 1.54) is 0 Å². The summed E-state index contributed by atoms with van der Waals surface area (Å²) in [6.45, 7) is 0.369. The molecule has 1 atom stereocenters. The average molecular weight is 280 g/mol. The third kappa shape index (κ3) is 3.31. The van der Waals surface area contributed by atoms with Crippen LogP contribution >= 0.6 is 0 Å². The van der Waals surface area contributed by atoms with E-state index >= 15 is 0 Å². The summed E-state index contributed by atoms with van der Waals surface area (Å²) in [5, 5.41) is 0. The van der Waals surface area contributed by atoms with Crippen molar-refractivity contribution in [3.63, 3.8) is 0 Å². The molecule has 0 N–H and O–H groups in total. The molecule has 0 fully saturated rings. The van der Waals surface area contributed by atoms with Crippen LogP contribution in [0.25, 0.3) is 5.57 Å². The molecule has 21 heavy (non-hydrogen) atoms. The molecular weight excluding hydrogens is 264 g/mol. The van der Waals surface area contributed by atoms with Crippen LogP contribution < -0.4 is 4.74 Å². The van der Waals surface area contributed by atoms with Crippen LogP contribution in [0.3, 0.4) is 0 Å². The van der Waals surface area contributed by atoms with E-state index in [4.69, 9.17) is 9.47 Å². The van der Waals surface area contributed by atoms with Crippen molar-refractivity contribution in [2.75, 3.05) is 6.61 Å². The topological polar surface area (TPSA) is 35.5 Å². The Balaban J connectivity index is 1.62. The van der Waals surface area contributed by atoms with Crippen molar-refractivity contribution in [2.24, 2.45) is 0 Å². The van der Waals surface area contributed by atoms with Crippen LogP contribution in [0, 0.1) is 0 Å². The van der Waals surface area contributed by atoms with Crippen LogP contribution in [0.15, 0.2) is 66.7 Å². The Morgan fingerprint density at radius 2 is 1.67 bits per heavy atom. The zero-order valence-corrected chi connectivity index (χ0v) is 11.6. The van der Waals surface area contributed by atoms with Gasteiger partial charge in [0.2, 0.25) is 0 Å². The zero-order chi connectivity index (χ0) is 14.5. The molecule has 1 unspecified atom stereocenters. The number of esters is 1. The van der Waals surface area contributed by atoms with Gasteiger partial charge in [0.05, 0.1) is 5.57 Å². The number of benzene rings is 2. The largest absolute Gasteiger partial charge is 0.490 e. The average Bonchev–Trinajstić information content (AvgIpc) is 2.55. The minimum atomic E-state index is -0.283. The van der Waals surface area contributed by atoms with E-state index in [2.05, 4.69) is 0 Å². The number of hydrogen-bond acceptors (Lipinski definition) is 3. The van der Waals surface area contributed by atoms with E-state index in [1.54, 1.807) is 0 Å². The summed E-state index contributed by atoms with van der Waals surface area (Å²) in [4.78, 5) is 12.1. The second kappa shape index (κ2) is 6.27. The number of cyclic esters (lactones) is 1. The standard InChI is InChI=1S/C18H16O3/c19-18-17(14-7-3-1-4-8-14)12-11-16(21-18)13-20-15-9-5-2-6-10-15/h1-10,12,16H,11,13H2. The quantitative estimate of drug-likeness (QED) is 0.804. The Morgan fingerprint density at radius 3 is 2.33 bits per heavy atom. The van der Waals surface area contributed by atoms with Crippen molar-refractivity contribution < 1.29 is 14.3 Å². The molecular formula is C18H16O3. The fraction of sp³-hybridized carbons (Fsp3) is 0.167. The maximum Gasteiger partial charge on any atom is 0.338 e. The third-order valence-electron chi connectivity index (χ3n) is 3.34. The summed E-state index contributed by atoms with van der Waals surface area (Å²) in [7, 11) is 0. The van der Waals surface area contributed by atoms with Crippen LogP contribution in [0.5, 0.6) is 5.75 Å². The minimum absolute atomic E-state index is 0.231. The molecule has 0 amide bonds. The van der Waals surface area contributed by atoms with Gasteiger partial charge < -0.3 is 9.47 Å². The lowest BCUT2D eigenvalue weighted by Gasteiger charge is -2.22. The van der Waals surface area contributed by atoms with Gasteiger partial charge in [0.15, 0.2) is 0 Å². The van der Waals surface area contributed by atoms with Crippen LogP contribution in [0.1, 0.15) is 12.0 Å². The molecule has 0 saturated heterocycles. The van der Waals surface area contributed by atoms with Gasteiger partial charge in [-0.05, 0) is 17.7 Å². The molecule has 1 heterocycles. The van der Waals surface area contributed by atoms with E-state index in [0.717, 1.165) is 11.3 Å². The Morgan fingerprint density at radius 1 is 1.00 bits per heavy atom. The van der Waals surface area contributed by atoms with Crippen molar-refractivity contribution >= 4 is 11.5 Å². The van der Waals surface area contributed by atoms with Gasteiger partial charge in [0.1, 0.15) is 18.5 Å². The molecule has 0 aliphatic carbocycles. The molecule has 1 aliphatic rings. The number of ether oxygens (including phenoxy) is 2. The highest BCUT2D eigenvalue weighted by Gasteiger charge is 2.24. The highest BCUT2D eigenvalue weighted by Crippen LogP contribution is 2.23.